The van der Waals surface area contributed by atoms with Gasteiger partial charge in [0.2, 0.25) is 5.76 Å². The third-order valence-corrected chi connectivity index (χ3v) is 6.12. The molecule has 1 aromatic heterocycles. The van der Waals surface area contributed by atoms with Crippen LogP contribution in [-0.4, -0.2) is 44.3 Å². The lowest BCUT2D eigenvalue weighted by atomic mass is 9.97. The van der Waals surface area contributed by atoms with Crippen LogP contribution in [0.1, 0.15) is 59.1 Å². The average molecular weight is 466 g/mol. The van der Waals surface area contributed by atoms with Gasteiger partial charge in [0.15, 0.2) is 16.9 Å². The van der Waals surface area contributed by atoms with Crippen LogP contribution in [0.2, 0.25) is 0 Å². The van der Waals surface area contributed by atoms with Crippen molar-refractivity contribution in [2.75, 3.05) is 27.4 Å². The first kappa shape index (κ1) is 23.8. The number of carbonyl (C=O) groups excluding carboxylic acids is 1. The second kappa shape index (κ2) is 9.50. The predicted octanol–water partition coefficient (Wildman–Crippen LogP) is 4.79. The molecule has 7 nitrogen and oxygen atoms in total. The summed E-state index contributed by atoms with van der Waals surface area (Å²) in [5.41, 5.74) is 3.18. The first-order chi connectivity index (χ1) is 16.3. The van der Waals surface area contributed by atoms with Crippen LogP contribution in [-0.2, 0) is 4.74 Å². The molecule has 0 saturated heterocycles. The van der Waals surface area contributed by atoms with Gasteiger partial charge in [0.1, 0.15) is 5.58 Å². The lowest BCUT2D eigenvalue weighted by molar-refractivity contribution is 0.0593. The van der Waals surface area contributed by atoms with E-state index < -0.39 is 6.04 Å². The van der Waals surface area contributed by atoms with Gasteiger partial charge < -0.3 is 23.5 Å². The lowest BCUT2D eigenvalue weighted by Gasteiger charge is -2.26. The third-order valence-electron chi connectivity index (χ3n) is 6.12. The lowest BCUT2D eigenvalue weighted by Crippen LogP contribution is -2.31. The first-order valence-corrected chi connectivity index (χ1v) is 11.5. The molecule has 0 radical (unpaired) electrons. The zero-order valence-electron chi connectivity index (χ0n) is 20.6. The van der Waals surface area contributed by atoms with E-state index in [0.29, 0.717) is 47.6 Å². The van der Waals surface area contributed by atoms with E-state index in [9.17, 15) is 9.59 Å². The molecular weight excluding hydrogens is 434 g/mol. The van der Waals surface area contributed by atoms with Crippen molar-refractivity contribution in [2.45, 2.75) is 46.3 Å². The fourth-order valence-electron chi connectivity index (χ4n) is 4.63. The second-order valence-electron chi connectivity index (χ2n) is 8.92. The van der Waals surface area contributed by atoms with Gasteiger partial charge in [0, 0.05) is 13.2 Å². The summed E-state index contributed by atoms with van der Waals surface area (Å²) in [7, 11) is 3.13. The van der Waals surface area contributed by atoms with Crippen LogP contribution in [0, 0.1) is 13.8 Å². The summed E-state index contributed by atoms with van der Waals surface area (Å²) < 4.78 is 22.7. The minimum absolute atomic E-state index is 0.105. The standard InChI is InChI=1S/C27H31NO6/c1-15(2)33-11-7-10-28-23(18-8-9-20(31-5)21(14-18)32-6)22-24(29)19-13-16(3)12-17(4)25(19)34-26(22)27(28)30/h8-9,12-15,23H,7,10-11H2,1-6H3. The highest BCUT2D eigenvalue weighted by Gasteiger charge is 2.42. The fraction of sp³-hybridized carbons (Fsp3) is 0.407. The molecule has 0 aliphatic carbocycles. The SMILES string of the molecule is COc1ccc(C2c3c(oc4c(C)cc(C)cc4c3=O)C(=O)N2CCCOC(C)C)cc1OC. The van der Waals surface area contributed by atoms with Gasteiger partial charge in [0.05, 0.1) is 37.3 Å². The van der Waals surface area contributed by atoms with Crippen molar-refractivity contribution in [1.82, 2.24) is 4.90 Å². The number of rotatable bonds is 8. The summed E-state index contributed by atoms with van der Waals surface area (Å²) in [5.74, 6) is 0.914. The quantitative estimate of drug-likeness (QED) is 0.445. The summed E-state index contributed by atoms with van der Waals surface area (Å²) >= 11 is 0. The highest BCUT2D eigenvalue weighted by molar-refractivity contribution is 5.99. The molecule has 2 heterocycles. The fourth-order valence-corrected chi connectivity index (χ4v) is 4.63. The number of fused-ring (bicyclic) bond motifs is 2. The van der Waals surface area contributed by atoms with E-state index in [1.165, 1.54) is 0 Å². The molecule has 0 fully saturated rings. The van der Waals surface area contributed by atoms with Gasteiger partial charge >= 0.3 is 0 Å². The van der Waals surface area contributed by atoms with Crippen molar-refractivity contribution >= 4 is 16.9 Å². The summed E-state index contributed by atoms with van der Waals surface area (Å²) in [5, 5.41) is 0.486. The number of benzene rings is 2. The smallest absolute Gasteiger partial charge is 0.290 e. The molecule has 180 valence electrons. The van der Waals surface area contributed by atoms with Gasteiger partial charge in [-0.05, 0) is 69.0 Å². The maximum atomic E-state index is 13.8. The number of nitrogens with zero attached hydrogens (tertiary/aromatic N) is 1. The molecule has 1 amide bonds. The Balaban J connectivity index is 1.88. The van der Waals surface area contributed by atoms with Crippen LogP contribution < -0.4 is 14.9 Å². The van der Waals surface area contributed by atoms with Crippen molar-refractivity contribution in [3.05, 3.63) is 68.6 Å². The van der Waals surface area contributed by atoms with Gasteiger partial charge in [-0.3, -0.25) is 9.59 Å². The van der Waals surface area contributed by atoms with Crippen molar-refractivity contribution in [2.24, 2.45) is 0 Å². The number of hydrogen-bond acceptors (Lipinski definition) is 6. The Morgan fingerprint density at radius 1 is 1.03 bits per heavy atom. The van der Waals surface area contributed by atoms with Crippen molar-refractivity contribution in [3.8, 4) is 11.5 Å². The van der Waals surface area contributed by atoms with Gasteiger partial charge in [0.25, 0.3) is 5.91 Å². The summed E-state index contributed by atoms with van der Waals surface area (Å²) in [6.45, 7) is 8.71. The van der Waals surface area contributed by atoms with Crippen LogP contribution in [0.25, 0.3) is 11.0 Å². The Labute approximate surface area is 199 Å². The number of ether oxygens (including phenoxy) is 3. The number of hydrogen-bond donors (Lipinski definition) is 0. The Morgan fingerprint density at radius 2 is 1.76 bits per heavy atom. The van der Waals surface area contributed by atoms with Gasteiger partial charge in [-0.1, -0.05) is 12.1 Å². The number of amides is 1. The van der Waals surface area contributed by atoms with E-state index in [4.69, 9.17) is 18.6 Å². The summed E-state index contributed by atoms with van der Waals surface area (Å²) in [6.07, 6.45) is 0.737. The Morgan fingerprint density at radius 3 is 2.44 bits per heavy atom. The average Bonchev–Trinajstić information content (AvgIpc) is 3.08. The Kier molecular flexibility index (Phi) is 6.66. The largest absolute Gasteiger partial charge is 0.493 e. The molecule has 1 atom stereocenters. The number of carbonyl (C=O) groups is 1. The molecule has 1 unspecified atom stereocenters. The van der Waals surface area contributed by atoms with Gasteiger partial charge in [-0.25, -0.2) is 0 Å². The normalized spacial score (nSPS) is 15.3. The minimum Gasteiger partial charge on any atom is -0.493 e. The molecule has 4 rings (SSSR count). The highest BCUT2D eigenvalue weighted by atomic mass is 16.5. The molecular formula is C27H31NO6. The maximum absolute atomic E-state index is 13.8. The Hall–Kier alpha value is -3.32. The summed E-state index contributed by atoms with van der Waals surface area (Å²) in [4.78, 5) is 29.0. The van der Waals surface area contributed by atoms with Crippen molar-refractivity contribution in [1.29, 1.82) is 0 Å². The van der Waals surface area contributed by atoms with Crippen LogP contribution in [0.15, 0.2) is 39.5 Å². The predicted molar refractivity (Wildman–Crippen MR) is 130 cm³/mol. The van der Waals surface area contributed by atoms with E-state index in [1.54, 1.807) is 25.2 Å². The van der Waals surface area contributed by atoms with Crippen LogP contribution in [0.3, 0.4) is 0 Å². The monoisotopic (exact) mass is 465 g/mol. The molecule has 0 saturated carbocycles. The highest BCUT2D eigenvalue weighted by Crippen LogP contribution is 2.41. The van der Waals surface area contributed by atoms with Crippen LogP contribution in [0.5, 0.6) is 11.5 Å². The minimum atomic E-state index is -0.595. The summed E-state index contributed by atoms with van der Waals surface area (Å²) in [6, 6.07) is 8.63. The number of methoxy groups -OCH3 is 2. The molecule has 0 bridgehead atoms. The molecule has 2 aromatic carbocycles. The van der Waals surface area contributed by atoms with E-state index >= 15 is 0 Å². The second-order valence-corrected chi connectivity index (χ2v) is 8.92. The maximum Gasteiger partial charge on any atom is 0.290 e. The van der Waals surface area contributed by atoms with E-state index in [0.717, 1.165) is 16.7 Å². The van der Waals surface area contributed by atoms with E-state index in [-0.39, 0.29) is 23.2 Å². The van der Waals surface area contributed by atoms with Crippen LogP contribution in [0.4, 0.5) is 0 Å². The zero-order valence-corrected chi connectivity index (χ0v) is 20.6. The topological polar surface area (TPSA) is 78.2 Å². The molecule has 0 N–H and O–H groups in total. The number of aryl methyl sites for hydroxylation is 2. The third kappa shape index (κ3) is 4.16. The first-order valence-electron chi connectivity index (χ1n) is 11.5. The molecule has 34 heavy (non-hydrogen) atoms. The van der Waals surface area contributed by atoms with Crippen LogP contribution >= 0.6 is 0 Å². The van der Waals surface area contributed by atoms with E-state index in [1.807, 2.05) is 52.0 Å². The van der Waals surface area contributed by atoms with Crippen molar-refractivity contribution < 1.29 is 23.4 Å². The van der Waals surface area contributed by atoms with Crippen molar-refractivity contribution in [3.63, 3.8) is 0 Å². The molecule has 0 spiro atoms. The Bertz CT molecular complexity index is 1290. The molecule has 1 aliphatic rings. The molecule has 1 aliphatic heterocycles. The zero-order chi connectivity index (χ0) is 24.6. The van der Waals surface area contributed by atoms with E-state index in [2.05, 4.69) is 0 Å². The molecule has 3 aromatic rings. The van der Waals surface area contributed by atoms with Gasteiger partial charge in [-0.15, -0.1) is 0 Å². The molecule has 7 heteroatoms. The van der Waals surface area contributed by atoms with Gasteiger partial charge in [-0.2, -0.15) is 0 Å².